The highest BCUT2D eigenvalue weighted by Crippen LogP contribution is 2.42. The monoisotopic (exact) mass is 378 g/mol. The average Bonchev–Trinajstić information content (AvgIpc) is 3.29. The van der Waals surface area contributed by atoms with Crippen molar-refractivity contribution in [3.8, 4) is 12.1 Å². The SMILES string of the molecule is N#Cc1ccc2c3nc4c5cccc6c(C#N)ccc(c4nc3c3cccc1c32)c65. The topological polar surface area (TPSA) is 73.4 Å². The van der Waals surface area contributed by atoms with Crippen LogP contribution in [0.2, 0.25) is 0 Å². The summed E-state index contributed by atoms with van der Waals surface area (Å²) in [6.07, 6.45) is 0. The van der Waals surface area contributed by atoms with Gasteiger partial charge in [0.25, 0.3) is 0 Å². The first kappa shape index (κ1) is 15.4. The molecule has 30 heavy (non-hydrogen) atoms. The van der Waals surface area contributed by atoms with Gasteiger partial charge in [0, 0.05) is 43.1 Å². The zero-order valence-corrected chi connectivity index (χ0v) is 15.6. The van der Waals surface area contributed by atoms with Crippen molar-refractivity contribution in [3.63, 3.8) is 0 Å². The van der Waals surface area contributed by atoms with E-state index < -0.39 is 0 Å². The van der Waals surface area contributed by atoms with Gasteiger partial charge < -0.3 is 0 Å². The van der Waals surface area contributed by atoms with Gasteiger partial charge in [-0.25, -0.2) is 9.97 Å². The van der Waals surface area contributed by atoms with Crippen molar-refractivity contribution >= 4 is 65.2 Å². The average molecular weight is 378 g/mol. The van der Waals surface area contributed by atoms with Crippen LogP contribution in [0.5, 0.6) is 0 Å². The van der Waals surface area contributed by atoms with Crippen molar-refractivity contribution in [2.45, 2.75) is 0 Å². The Bertz CT molecular complexity index is 1730. The molecular weight excluding hydrogens is 368 g/mol. The molecule has 0 aliphatic heterocycles. The van der Waals surface area contributed by atoms with E-state index >= 15 is 0 Å². The molecule has 0 bridgehead atoms. The smallest absolute Gasteiger partial charge is 0.0998 e. The first-order valence-corrected chi connectivity index (χ1v) is 9.65. The molecule has 6 aromatic carbocycles. The van der Waals surface area contributed by atoms with Gasteiger partial charge in [0.05, 0.1) is 45.3 Å². The minimum Gasteiger partial charge on any atom is -0.243 e. The maximum Gasteiger partial charge on any atom is 0.0998 e. The molecule has 0 saturated carbocycles. The van der Waals surface area contributed by atoms with Crippen molar-refractivity contribution in [1.82, 2.24) is 9.97 Å². The van der Waals surface area contributed by atoms with Crippen molar-refractivity contribution in [2.75, 3.05) is 0 Å². The third-order valence-electron chi connectivity index (χ3n) is 6.24. The highest BCUT2D eigenvalue weighted by Gasteiger charge is 2.20. The van der Waals surface area contributed by atoms with Gasteiger partial charge in [-0.3, -0.25) is 0 Å². The summed E-state index contributed by atoms with van der Waals surface area (Å²) in [4.78, 5) is 10.2. The van der Waals surface area contributed by atoms with E-state index in [-0.39, 0.29) is 0 Å². The van der Waals surface area contributed by atoms with Crippen molar-refractivity contribution in [2.24, 2.45) is 0 Å². The Morgan fingerprint density at radius 2 is 0.833 bits per heavy atom. The van der Waals surface area contributed by atoms with Crippen molar-refractivity contribution in [1.29, 1.82) is 10.5 Å². The molecule has 1 heterocycles. The summed E-state index contributed by atoms with van der Waals surface area (Å²) < 4.78 is 0. The van der Waals surface area contributed by atoms with Gasteiger partial charge in [0.2, 0.25) is 0 Å². The minimum absolute atomic E-state index is 0.662. The molecule has 7 aromatic rings. The fourth-order valence-corrected chi connectivity index (χ4v) is 4.98. The third-order valence-corrected chi connectivity index (χ3v) is 6.24. The van der Waals surface area contributed by atoms with E-state index in [1.165, 1.54) is 0 Å². The second-order valence-corrected chi connectivity index (χ2v) is 7.62. The minimum atomic E-state index is 0.662. The van der Waals surface area contributed by atoms with E-state index in [9.17, 15) is 10.5 Å². The molecular formula is C26H10N4. The second kappa shape index (κ2) is 5.08. The molecule has 0 radical (unpaired) electrons. The van der Waals surface area contributed by atoms with Crippen LogP contribution in [-0.2, 0) is 0 Å². The molecule has 0 saturated heterocycles. The molecule has 7 rings (SSSR count). The highest BCUT2D eigenvalue weighted by atomic mass is 14.8. The van der Waals surface area contributed by atoms with Crippen molar-refractivity contribution in [3.05, 3.63) is 71.8 Å². The van der Waals surface area contributed by atoms with Crippen LogP contribution in [0.4, 0.5) is 0 Å². The predicted molar refractivity (Wildman–Crippen MR) is 119 cm³/mol. The lowest BCUT2D eigenvalue weighted by molar-refractivity contribution is 1.46. The number of aromatic nitrogens is 2. The fraction of sp³-hybridized carbons (Fsp3) is 0. The first-order valence-electron chi connectivity index (χ1n) is 9.65. The van der Waals surface area contributed by atoms with E-state index in [1.54, 1.807) is 0 Å². The molecule has 4 nitrogen and oxygen atoms in total. The van der Waals surface area contributed by atoms with Crippen LogP contribution < -0.4 is 0 Å². The lowest BCUT2D eigenvalue weighted by Crippen LogP contribution is -1.81. The Labute approximate surface area is 169 Å². The Kier molecular flexibility index (Phi) is 2.61. The van der Waals surface area contributed by atoms with Crippen LogP contribution in [-0.4, -0.2) is 9.97 Å². The zero-order valence-electron chi connectivity index (χ0n) is 15.6. The predicted octanol–water partition coefficient (Wildman–Crippen LogP) is 6.01. The van der Waals surface area contributed by atoms with E-state index in [0.717, 1.165) is 65.2 Å². The molecule has 134 valence electrons. The van der Waals surface area contributed by atoms with Gasteiger partial charge in [-0.2, -0.15) is 10.5 Å². The van der Waals surface area contributed by atoms with Gasteiger partial charge in [-0.05, 0) is 12.1 Å². The summed E-state index contributed by atoms with van der Waals surface area (Å²) in [5.41, 5.74) is 4.75. The number of fused-ring (bicyclic) bond motifs is 6. The lowest BCUT2D eigenvalue weighted by Gasteiger charge is -2.00. The Hall–Kier alpha value is -4.54. The highest BCUT2D eigenvalue weighted by molar-refractivity contribution is 6.33. The number of benzene rings is 4. The van der Waals surface area contributed by atoms with E-state index in [2.05, 4.69) is 24.3 Å². The van der Waals surface area contributed by atoms with Crippen LogP contribution in [0.25, 0.3) is 65.2 Å². The molecule has 0 N–H and O–H groups in total. The van der Waals surface area contributed by atoms with E-state index in [1.807, 2.05) is 48.5 Å². The van der Waals surface area contributed by atoms with Crippen LogP contribution in [0.1, 0.15) is 11.1 Å². The van der Waals surface area contributed by atoms with Crippen LogP contribution >= 0.6 is 0 Å². The fourth-order valence-electron chi connectivity index (χ4n) is 4.98. The molecule has 0 unspecified atom stereocenters. The molecule has 0 fully saturated rings. The van der Waals surface area contributed by atoms with Gasteiger partial charge >= 0.3 is 0 Å². The molecule has 0 aliphatic rings. The normalized spacial score (nSPS) is 11.9. The maximum absolute atomic E-state index is 9.52. The van der Waals surface area contributed by atoms with E-state index in [0.29, 0.717) is 11.1 Å². The second-order valence-electron chi connectivity index (χ2n) is 7.62. The standard InChI is InChI=1S/C26H10N4/c27-11-13-7-9-19-21-15(13)3-1-5-17(21)23-25(19)30-24-18-6-2-4-16-14(12-28)8-10-20(22(16)18)26(24)29-23/h1-10H. The molecule has 0 aliphatic carbocycles. The molecule has 4 heteroatoms. The van der Waals surface area contributed by atoms with Crippen LogP contribution in [0, 0.1) is 22.7 Å². The largest absolute Gasteiger partial charge is 0.243 e. The Balaban J connectivity index is 1.78. The van der Waals surface area contributed by atoms with Gasteiger partial charge in [-0.15, -0.1) is 0 Å². The summed E-state index contributed by atoms with van der Waals surface area (Å²) in [7, 11) is 0. The first-order chi connectivity index (χ1) is 14.8. The molecule has 0 amide bonds. The van der Waals surface area contributed by atoms with E-state index in [4.69, 9.17) is 9.97 Å². The van der Waals surface area contributed by atoms with Gasteiger partial charge in [0.1, 0.15) is 0 Å². The van der Waals surface area contributed by atoms with Crippen LogP contribution in [0.3, 0.4) is 0 Å². The van der Waals surface area contributed by atoms with Gasteiger partial charge in [0.15, 0.2) is 0 Å². The number of hydrogen-bond donors (Lipinski definition) is 0. The Morgan fingerprint density at radius 1 is 0.467 bits per heavy atom. The number of nitrogens with zero attached hydrogens (tertiary/aromatic N) is 4. The third kappa shape index (κ3) is 1.62. The summed E-state index contributed by atoms with van der Waals surface area (Å²) >= 11 is 0. The lowest BCUT2D eigenvalue weighted by atomic mass is 10.0. The summed E-state index contributed by atoms with van der Waals surface area (Å²) in [6.45, 7) is 0. The number of rotatable bonds is 0. The van der Waals surface area contributed by atoms with Crippen LogP contribution in [0.15, 0.2) is 60.7 Å². The number of nitriles is 2. The molecule has 0 spiro atoms. The molecule has 0 atom stereocenters. The number of hydrogen-bond acceptors (Lipinski definition) is 4. The van der Waals surface area contributed by atoms with Gasteiger partial charge in [-0.1, -0.05) is 48.5 Å². The summed E-state index contributed by atoms with van der Waals surface area (Å²) in [6, 6.07) is 24.3. The quantitative estimate of drug-likeness (QED) is 0.324. The zero-order chi connectivity index (χ0) is 20.0. The Morgan fingerprint density at radius 3 is 1.23 bits per heavy atom. The molecule has 1 aromatic heterocycles. The summed E-state index contributed by atoms with van der Waals surface area (Å²) in [5, 5.41) is 27.1. The van der Waals surface area contributed by atoms with Crippen molar-refractivity contribution < 1.29 is 0 Å². The maximum atomic E-state index is 9.52. The summed E-state index contributed by atoms with van der Waals surface area (Å²) in [5.74, 6) is 0.